The fraction of sp³-hybridized carbons (Fsp3) is 0.364. The minimum atomic E-state index is -4.31. The first kappa shape index (κ1) is 16.8. The van der Waals surface area contributed by atoms with Crippen molar-refractivity contribution in [2.75, 3.05) is 13.7 Å². The van der Waals surface area contributed by atoms with Crippen molar-refractivity contribution >= 4 is 27.6 Å². The molecule has 112 valence electrons. The molecule has 1 atom stereocenters. The van der Waals surface area contributed by atoms with Crippen molar-refractivity contribution in [1.82, 2.24) is 4.31 Å². The van der Waals surface area contributed by atoms with Crippen molar-refractivity contribution < 1.29 is 27.8 Å². The third-order valence-corrected chi connectivity index (χ3v) is 4.97. The summed E-state index contributed by atoms with van der Waals surface area (Å²) < 4.78 is 39.2. The molecule has 0 aromatic heterocycles. The molecular formula is C11H13ClFNO5S. The summed E-state index contributed by atoms with van der Waals surface area (Å²) >= 11 is 5.63. The number of carboxylic acid groups (broad SMARTS) is 1. The van der Waals surface area contributed by atoms with Crippen LogP contribution in [0.5, 0.6) is 0 Å². The first-order valence-electron chi connectivity index (χ1n) is 5.44. The van der Waals surface area contributed by atoms with E-state index in [1.54, 1.807) is 0 Å². The zero-order valence-electron chi connectivity index (χ0n) is 10.7. The summed E-state index contributed by atoms with van der Waals surface area (Å²) in [5.41, 5.74) is -0.832. The maximum absolute atomic E-state index is 14.0. The van der Waals surface area contributed by atoms with E-state index in [1.165, 1.54) is 6.92 Å². The van der Waals surface area contributed by atoms with Crippen LogP contribution < -0.4 is 0 Å². The standard InChI is InChI=1S/C11H13ClFNO5S/c1-6(5-15)14(2)20(18,19)9-4-7(12)3-8(10(9)13)11(16)17/h3-4,6,15H,5H2,1-2H3,(H,16,17). The van der Waals surface area contributed by atoms with Gasteiger partial charge in [-0.05, 0) is 19.1 Å². The molecule has 1 aromatic rings. The van der Waals surface area contributed by atoms with Gasteiger partial charge in [0.25, 0.3) is 0 Å². The topological polar surface area (TPSA) is 94.9 Å². The Hall–Kier alpha value is -1.22. The van der Waals surface area contributed by atoms with Crippen LogP contribution in [0.4, 0.5) is 4.39 Å². The number of hydrogen-bond donors (Lipinski definition) is 2. The van der Waals surface area contributed by atoms with Crippen molar-refractivity contribution in [3.63, 3.8) is 0 Å². The Balaban J connectivity index is 3.50. The van der Waals surface area contributed by atoms with Gasteiger partial charge in [-0.1, -0.05) is 11.6 Å². The van der Waals surface area contributed by atoms with Crippen LogP contribution in [0.25, 0.3) is 0 Å². The highest BCUT2D eigenvalue weighted by Gasteiger charge is 2.30. The Kier molecular flexibility index (Phi) is 5.09. The number of aromatic carboxylic acids is 1. The molecule has 0 radical (unpaired) electrons. The molecular weight excluding hydrogens is 313 g/mol. The molecule has 0 aliphatic heterocycles. The van der Waals surface area contributed by atoms with Crippen LogP contribution in [0.2, 0.25) is 5.02 Å². The number of sulfonamides is 1. The summed E-state index contributed by atoms with van der Waals surface area (Å²) in [7, 11) is -3.16. The molecule has 0 amide bonds. The van der Waals surface area contributed by atoms with Crippen molar-refractivity contribution in [1.29, 1.82) is 0 Å². The number of benzene rings is 1. The lowest BCUT2D eigenvalue weighted by molar-refractivity contribution is 0.0691. The molecule has 6 nitrogen and oxygen atoms in total. The molecule has 1 aromatic carbocycles. The number of carbonyl (C=O) groups is 1. The largest absolute Gasteiger partial charge is 0.478 e. The molecule has 0 heterocycles. The molecule has 0 saturated carbocycles. The van der Waals surface area contributed by atoms with E-state index in [4.69, 9.17) is 21.8 Å². The highest BCUT2D eigenvalue weighted by molar-refractivity contribution is 7.89. The van der Waals surface area contributed by atoms with E-state index < -0.39 is 44.9 Å². The van der Waals surface area contributed by atoms with Gasteiger partial charge >= 0.3 is 5.97 Å². The van der Waals surface area contributed by atoms with E-state index in [0.29, 0.717) is 0 Å². The van der Waals surface area contributed by atoms with E-state index in [0.717, 1.165) is 23.5 Å². The summed E-state index contributed by atoms with van der Waals surface area (Å²) in [6.45, 7) is 0.946. The summed E-state index contributed by atoms with van der Waals surface area (Å²) in [5, 5.41) is 17.6. The van der Waals surface area contributed by atoms with Crippen molar-refractivity contribution in [2.24, 2.45) is 0 Å². The highest BCUT2D eigenvalue weighted by atomic mass is 35.5. The van der Waals surface area contributed by atoms with E-state index in [-0.39, 0.29) is 5.02 Å². The Morgan fingerprint density at radius 1 is 1.50 bits per heavy atom. The van der Waals surface area contributed by atoms with E-state index in [1.807, 2.05) is 0 Å². The van der Waals surface area contributed by atoms with Gasteiger partial charge in [-0.2, -0.15) is 4.31 Å². The summed E-state index contributed by atoms with van der Waals surface area (Å²) in [6, 6.07) is 0.860. The maximum atomic E-state index is 14.0. The second-order valence-electron chi connectivity index (χ2n) is 4.12. The molecule has 1 unspecified atom stereocenters. The summed E-state index contributed by atoms with van der Waals surface area (Å²) in [5.74, 6) is -3.02. The van der Waals surface area contributed by atoms with Crippen molar-refractivity contribution in [3.8, 4) is 0 Å². The van der Waals surface area contributed by atoms with Crippen LogP contribution in [0.1, 0.15) is 17.3 Å². The number of nitrogens with zero attached hydrogens (tertiary/aromatic N) is 1. The second-order valence-corrected chi connectivity index (χ2v) is 6.53. The van der Waals surface area contributed by atoms with Crippen LogP contribution in [0.15, 0.2) is 17.0 Å². The molecule has 0 saturated heterocycles. The maximum Gasteiger partial charge on any atom is 0.338 e. The minimum Gasteiger partial charge on any atom is -0.478 e. The molecule has 0 spiro atoms. The molecule has 1 rings (SSSR count). The molecule has 20 heavy (non-hydrogen) atoms. The Bertz CT molecular complexity index is 634. The number of likely N-dealkylation sites (N-methyl/N-ethyl adjacent to an activating group) is 1. The molecule has 0 bridgehead atoms. The lowest BCUT2D eigenvalue weighted by Crippen LogP contribution is -2.37. The molecule has 9 heteroatoms. The number of carboxylic acids is 1. The predicted molar refractivity (Wildman–Crippen MR) is 69.9 cm³/mol. The van der Waals surface area contributed by atoms with E-state index in [9.17, 15) is 17.6 Å². The number of hydrogen-bond acceptors (Lipinski definition) is 4. The lowest BCUT2D eigenvalue weighted by Gasteiger charge is -2.23. The van der Waals surface area contributed by atoms with Gasteiger partial charge in [0, 0.05) is 18.1 Å². The Morgan fingerprint density at radius 2 is 2.05 bits per heavy atom. The Labute approximate surface area is 120 Å². The number of aliphatic hydroxyl groups is 1. The zero-order valence-corrected chi connectivity index (χ0v) is 12.2. The van der Waals surface area contributed by atoms with Crippen LogP contribution >= 0.6 is 11.6 Å². The summed E-state index contributed by atoms with van der Waals surface area (Å²) in [6.07, 6.45) is 0. The van der Waals surface area contributed by atoms with Gasteiger partial charge in [-0.3, -0.25) is 0 Å². The van der Waals surface area contributed by atoms with Crippen molar-refractivity contribution in [2.45, 2.75) is 17.9 Å². The van der Waals surface area contributed by atoms with Gasteiger partial charge in [0.15, 0.2) is 5.82 Å². The molecule has 0 aliphatic carbocycles. The van der Waals surface area contributed by atoms with Crippen LogP contribution in [-0.4, -0.2) is 48.6 Å². The Morgan fingerprint density at radius 3 is 2.50 bits per heavy atom. The molecule has 0 fully saturated rings. The lowest BCUT2D eigenvalue weighted by atomic mass is 10.2. The zero-order chi connectivity index (χ0) is 15.7. The fourth-order valence-corrected chi connectivity index (χ4v) is 3.16. The van der Waals surface area contributed by atoms with Crippen LogP contribution in [-0.2, 0) is 10.0 Å². The van der Waals surface area contributed by atoms with Crippen LogP contribution in [0.3, 0.4) is 0 Å². The number of halogens is 2. The quantitative estimate of drug-likeness (QED) is 0.847. The van der Waals surface area contributed by atoms with Gasteiger partial charge in [0.05, 0.1) is 12.2 Å². The van der Waals surface area contributed by atoms with E-state index in [2.05, 4.69) is 0 Å². The second kappa shape index (κ2) is 6.04. The number of rotatable bonds is 5. The first-order chi connectivity index (χ1) is 9.12. The smallest absolute Gasteiger partial charge is 0.338 e. The number of aliphatic hydroxyl groups excluding tert-OH is 1. The van der Waals surface area contributed by atoms with Crippen molar-refractivity contribution in [3.05, 3.63) is 28.5 Å². The fourth-order valence-electron chi connectivity index (χ4n) is 1.41. The van der Waals surface area contributed by atoms with E-state index >= 15 is 0 Å². The van der Waals surface area contributed by atoms with Gasteiger partial charge < -0.3 is 10.2 Å². The first-order valence-corrected chi connectivity index (χ1v) is 7.26. The SMILES string of the molecule is CC(CO)N(C)S(=O)(=O)c1cc(Cl)cc(C(=O)O)c1F. The monoisotopic (exact) mass is 325 g/mol. The predicted octanol–water partition coefficient (Wildman–Crippen LogP) is 1.18. The third-order valence-electron chi connectivity index (χ3n) is 2.78. The van der Waals surface area contributed by atoms with Gasteiger partial charge in [-0.15, -0.1) is 0 Å². The van der Waals surface area contributed by atoms with Gasteiger partial charge in [-0.25, -0.2) is 17.6 Å². The minimum absolute atomic E-state index is 0.215. The average molecular weight is 326 g/mol. The van der Waals surface area contributed by atoms with Crippen LogP contribution in [0, 0.1) is 5.82 Å². The highest BCUT2D eigenvalue weighted by Crippen LogP contribution is 2.26. The average Bonchev–Trinajstić information content (AvgIpc) is 2.38. The molecule has 0 aliphatic rings. The summed E-state index contributed by atoms with van der Waals surface area (Å²) in [4.78, 5) is 10.0. The molecule has 2 N–H and O–H groups in total. The van der Waals surface area contributed by atoms with Gasteiger partial charge in [0.2, 0.25) is 10.0 Å². The van der Waals surface area contributed by atoms with Gasteiger partial charge in [0.1, 0.15) is 4.90 Å². The normalized spacial score (nSPS) is 13.5. The third kappa shape index (κ3) is 3.09.